The van der Waals surface area contributed by atoms with Crippen molar-refractivity contribution in [2.75, 3.05) is 25.5 Å². The Hall–Kier alpha value is -2.97. The normalized spacial score (nSPS) is 14.3. The zero-order chi connectivity index (χ0) is 28.1. The minimum atomic E-state index is -0.250. The Balaban J connectivity index is 0.000000539. The number of carboxylic acid groups (broad SMARTS) is 1. The van der Waals surface area contributed by atoms with E-state index in [1.165, 1.54) is 50.8 Å². The summed E-state index contributed by atoms with van der Waals surface area (Å²) in [6.45, 7) is 7.59. The molecule has 2 amide bonds. The van der Waals surface area contributed by atoms with E-state index >= 15 is 0 Å². The number of hydrogen-bond donors (Lipinski definition) is 4. The molecule has 0 aromatic heterocycles. The molecule has 1 saturated heterocycles. The molecule has 2 fully saturated rings. The minimum absolute atomic E-state index is 0.0276. The molecule has 0 bridgehead atoms. The van der Waals surface area contributed by atoms with E-state index in [1.807, 2.05) is 23.1 Å². The lowest BCUT2D eigenvalue weighted by Crippen LogP contribution is -2.32. The van der Waals surface area contributed by atoms with Gasteiger partial charge in [0.1, 0.15) is 5.82 Å². The van der Waals surface area contributed by atoms with E-state index in [4.69, 9.17) is 15.6 Å². The van der Waals surface area contributed by atoms with Crippen LogP contribution >= 0.6 is 0 Å². The highest BCUT2D eigenvalue weighted by molar-refractivity contribution is 5.89. The van der Waals surface area contributed by atoms with Gasteiger partial charge in [0.05, 0.1) is 0 Å². The Labute approximate surface area is 222 Å². The lowest BCUT2D eigenvalue weighted by atomic mass is 9.97. The van der Waals surface area contributed by atoms with Crippen LogP contribution in [0, 0.1) is 12.7 Å². The monoisotopic (exact) mass is 518 g/mol. The second-order valence-corrected chi connectivity index (χ2v) is 9.15. The number of halogens is 1. The molecule has 0 unspecified atom stereocenters. The maximum atomic E-state index is 12.3. The Morgan fingerprint density at radius 3 is 1.89 bits per heavy atom. The molecule has 0 atom stereocenters. The number of amides is 2. The first kappa shape index (κ1) is 34.0. The summed E-state index contributed by atoms with van der Waals surface area (Å²) in [4.78, 5) is 22.1. The van der Waals surface area contributed by atoms with Crippen molar-refractivity contribution in [1.82, 2.24) is 4.90 Å². The fraction of sp³-hybridized carbons (Fsp3) is 0.517. The fourth-order valence-corrected chi connectivity index (χ4v) is 3.76. The maximum absolute atomic E-state index is 12.3. The van der Waals surface area contributed by atoms with Crippen LogP contribution in [0.15, 0.2) is 48.5 Å². The molecule has 1 aliphatic heterocycles. The summed E-state index contributed by atoms with van der Waals surface area (Å²) in [6, 6.07) is 15.4. The molecule has 1 aliphatic carbocycles. The van der Waals surface area contributed by atoms with Gasteiger partial charge < -0.3 is 26.8 Å². The van der Waals surface area contributed by atoms with Crippen LogP contribution in [0.2, 0.25) is 0 Å². The van der Waals surface area contributed by atoms with E-state index in [0.29, 0.717) is 17.5 Å². The zero-order valence-electron chi connectivity index (χ0n) is 23.0. The van der Waals surface area contributed by atoms with Gasteiger partial charge in [-0.2, -0.15) is 0 Å². The van der Waals surface area contributed by atoms with Crippen LogP contribution < -0.4 is 16.8 Å². The third-order valence-corrected chi connectivity index (χ3v) is 5.95. The molecule has 1 saturated carbocycles. The number of hydrogen-bond acceptors (Lipinski definition) is 4. The van der Waals surface area contributed by atoms with Crippen molar-refractivity contribution in [3.63, 3.8) is 0 Å². The molecular formula is C29H47FN4O3. The summed E-state index contributed by atoms with van der Waals surface area (Å²) >= 11 is 0. The summed E-state index contributed by atoms with van der Waals surface area (Å²) in [6.07, 6.45) is 8.91. The molecule has 2 aromatic carbocycles. The summed E-state index contributed by atoms with van der Waals surface area (Å²) < 4.78 is 12.3. The minimum Gasteiger partial charge on any atom is -0.483 e. The van der Waals surface area contributed by atoms with Gasteiger partial charge in [-0.3, -0.25) is 4.79 Å². The van der Waals surface area contributed by atoms with E-state index in [9.17, 15) is 9.18 Å². The lowest BCUT2D eigenvalue weighted by molar-refractivity contribution is -0.122. The van der Waals surface area contributed by atoms with E-state index in [2.05, 4.69) is 37.0 Å². The second kappa shape index (κ2) is 21.1. The van der Waals surface area contributed by atoms with Crippen LogP contribution in [-0.2, 0) is 4.79 Å². The largest absolute Gasteiger partial charge is 0.483 e. The van der Waals surface area contributed by atoms with Crippen LogP contribution in [-0.4, -0.2) is 48.7 Å². The van der Waals surface area contributed by atoms with Gasteiger partial charge in [0.2, 0.25) is 0 Å². The third kappa shape index (κ3) is 15.7. The number of likely N-dealkylation sites (tertiary alicyclic amines) is 1. The average Bonchev–Trinajstić information content (AvgIpc) is 3.45. The number of carbonyl (C=O) groups is 2. The highest BCUT2D eigenvalue weighted by Crippen LogP contribution is 2.18. The number of aryl methyl sites for hydroxylation is 1. The van der Waals surface area contributed by atoms with Crippen LogP contribution in [0.4, 0.5) is 14.9 Å². The molecule has 4 rings (SSSR count). The Kier molecular flexibility index (Phi) is 19.4. The predicted octanol–water partition coefficient (Wildman–Crippen LogP) is 6.13. The fourth-order valence-electron chi connectivity index (χ4n) is 3.76. The Morgan fingerprint density at radius 1 is 1.00 bits per heavy atom. The molecule has 8 heteroatoms. The standard InChI is InChI=1S/C14H20N2O.C7H7F.C6H13N.CH5N.CH2O2/c1-11(2)12-5-7-13(8-6-12)15-14(17)16-9-3-4-10-16;1-6-4-2-3-5-7(6)8;7-6-4-2-1-3-5-6;1-2;2-1-3/h5-8,11H,3-4,9-10H2,1-2H3,(H,15,17);2-5H,1H3;6H,1-5,7H2;2H2,1H3;1H,(H,2,3). The van der Waals surface area contributed by atoms with E-state index < -0.39 is 0 Å². The van der Waals surface area contributed by atoms with Crippen LogP contribution in [0.5, 0.6) is 0 Å². The summed E-state index contributed by atoms with van der Waals surface area (Å²) in [5.74, 6) is 0.394. The van der Waals surface area contributed by atoms with Crippen molar-refractivity contribution in [3.05, 3.63) is 65.5 Å². The highest BCUT2D eigenvalue weighted by Gasteiger charge is 2.17. The molecule has 208 valence electrons. The van der Waals surface area contributed by atoms with Gasteiger partial charge in [-0.25, -0.2) is 9.18 Å². The van der Waals surface area contributed by atoms with Gasteiger partial charge in [0.25, 0.3) is 6.47 Å². The molecule has 1 heterocycles. The quantitative estimate of drug-likeness (QED) is 0.357. The first-order chi connectivity index (χ1) is 17.8. The van der Waals surface area contributed by atoms with E-state index in [-0.39, 0.29) is 18.3 Å². The van der Waals surface area contributed by atoms with Crippen molar-refractivity contribution in [2.24, 2.45) is 11.5 Å². The second-order valence-electron chi connectivity index (χ2n) is 9.15. The van der Waals surface area contributed by atoms with Gasteiger partial charge in [-0.15, -0.1) is 0 Å². The smallest absolute Gasteiger partial charge is 0.321 e. The highest BCUT2D eigenvalue weighted by atomic mass is 19.1. The van der Waals surface area contributed by atoms with Gasteiger partial charge in [-0.1, -0.05) is 63.4 Å². The summed E-state index contributed by atoms with van der Waals surface area (Å²) in [7, 11) is 1.50. The molecule has 0 radical (unpaired) electrons. The van der Waals surface area contributed by atoms with Gasteiger partial charge in [0.15, 0.2) is 0 Å². The Bertz CT molecular complexity index is 829. The predicted molar refractivity (Wildman–Crippen MR) is 151 cm³/mol. The van der Waals surface area contributed by atoms with Gasteiger partial charge in [0, 0.05) is 24.8 Å². The number of rotatable bonds is 2. The number of carbonyl (C=O) groups excluding carboxylic acids is 1. The number of benzene rings is 2. The number of nitrogens with two attached hydrogens (primary N) is 2. The molecule has 0 spiro atoms. The van der Waals surface area contributed by atoms with Crippen LogP contribution in [0.3, 0.4) is 0 Å². The topological polar surface area (TPSA) is 122 Å². The molecule has 2 aliphatic rings. The first-order valence-corrected chi connectivity index (χ1v) is 13.1. The number of nitrogens with one attached hydrogen (secondary N) is 1. The summed E-state index contributed by atoms with van der Waals surface area (Å²) in [5, 5.41) is 9.83. The van der Waals surface area contributed by atoms with Gasteiger partial charge in [-0.05, 0) is 74.9 Å². The van der Waals surface area contributed by atoms with Crippen molar-refractivity contribution >= 4 is 18.2 Å². The van der Waals surface area contributed by atoms with Crippen molar-refractivity contribution in [3.8, 4) is 0 Å². The third-order valence-electron chi connectivity index (χ3n) is 5.95. The zero-order valence-corrected chi connectivity index (χ0v) is 23.0. The summed E-state index contributed by atoms with van der Waals surface area (Å²) in [5.41, 5.74) is 13.0. The molecule has 6 N–H and O–H groups in total. The average molecular weight is 519 g/mol. The Morgan fingerprint density at radius 2 is 1.51 bits per heavy atom. The lowest BCUT2D eigenvalue weighted by Gasteiger charge is -2.16. The SMILES string of the molecule is CC(C)c1ccc(NC(=O)N2CCCC2)cc1.CN.Cc1ccccc1F.NC1CCCCC1.O=CO. The van der Waals surface area contributed by atoms with Crippen LogP contribution in [0.25, 0.3) is 0 Å². The number of nitrogens with zero attached hydrogens (tertiary/aromatic N) is 1. The number of urea groups is 1. The molecular weight excluding hydrogens is 471 g/mol. The van der Waals surface area contributed by atoms with E-state index in [0.717, 1.165) is 31.6 Å². The molecule has 2 aromatic rings. The van der Waals surface area contributed by atoms with Crippen molar-refractivity contribution in [2.45, 2.75) is 77.7 Å². The first-order valence-electron chi connectivity index (χ1n) is 13.1. The van der Waals surface area contributed by atoms with Crippen molar-refractivity contribution < 1.29 is 19.1 Å². The maximum Gasteiger partial charge on any atom is 0.321 e. The van der Waals surface area contributed by atoms with Crippen LogP contribution in [0.1, 0.15) is 75.8 Å². The number of anilines is 1. The van der Waals surface area contributed by atoms with Crippen molar-refractivity contribution in [1.29, 1.82) is 0 Å². The molecule has 37 heavy (non-hydrogen) atoms. The van der Waals surface area contributed by atoms with Gasteiger partial charge >= 0.3 is 6.03 Å². The molecule has 7 nitrogen and oxygen atoms in total. The van der Waals surface area contributed by atoms with E-state index in [1.54, 1.807) is 19.1 Å².